The van der Waals surface area contributed by atoms with Gasteiger partial charge in [0, 0.05) is 28.2 Å². The van der Waals surface area contributed by atoms with Gasteiger partial charge >= 0.3 is 0 Å². The number of thiophene rings is 2. The fourth-order valence-corrected chi connectivity index (χ4v) is 6.01. The average molecular weight is 331 g/mol. The second kappa shape index (κ2) is 5.95. The van der Waals surface area contributed by atoms with Gasteiger partial charge in [-0.2, -0.15) is 0 Å². The van der Waals surface area contributed by atoms with E-state index in [2.05, 4.69) is 42.1 Å². The van der Waals surface area contributed by atoms with Gasteiger partial charge in [0.15, 0.2) is 0 Å². The normalized spacial score (nSPS) is 28.4. The molecule has 116 valence electrons. The smallest absolute Gasteiger partial charge is 0.0926 e. The number of quaternary nitrogens is 1. The second-order valence-electron chi connectivity index (χ2n) is 6.96. The van der Waals surface area contributed by atoms with Gasteiger partial charge in [-0.1, -0.05) is 12.1 Å². The molecule has 3 heteroatoms. The highest BCUT2D eigenvalue weighted by Crippen LogP contribution is 2.41. The predicted octanol–water partition coefficient (Wildman–Crippen LogP) is 5.40. The molecule has 2 saturated heterocycles. The van der Waals surface area contributed by atoms with Crippen LogP contribution in [0.4, 0.5) is 0 Å². The van der Waals surface area contributed by atoms with Crippen molar-refractivity contribution in [3.63, 3.8) is 0 Å². The molecule has 0 saturated carbocycles. The molecular weight excluding hydrogens is 306 g/mol. The molecule has 0 N–H and O–H groups in total. The van der Waals surface area contributed by atoms with E-state index in [0.717, 1.165) is 6.04 Å². The Kier molecular flexibility index (Phi) is 3.97. The standard InChI is InChI=1S/C19H24NS2/c1-20-10-3-2-6-16(20)14-15(9-11-20)19(17-7-4-12-21-17)18-8-5-13-22-18/h4-5,7-8,12-13,16H,2-3,6,9-11,14H2,1H3/q+1. The molecule has 2 atom stereocenters. The third-order valence-electron chi connectivity index (χ3n) is 5.63. The van der Waals surface area contributed by atoms with Gasteiger partial charge < -0.3 is 4.48 Å². The Morgan fingerprint density at radius 3 is 2.41 bits per heavy atom. The molecule has 1 nitrogen and oxygen atoms in total. The van der Waals surface area contributed by atoms with Gasteiger partial charge in [-0.25, -0.2) is 0 Å². The summed E-state index contributed by atoms with van der Waals surface area (Å²) < 4.78 is 1.33. The highest BCUT2D eigenvalue weighted by Gasteiger charge is 2.40. The lowest BCUT2D eigenvalue weighted by molar-refractivity contribution is -0.941. The first-order chi connectivity index (χ1) is 10.8. The Hall–Kier alpha value is -0.900. The summed E-state index contributed by atoms with van der Waals surface area (Å²) in [5.74, 6) is 0. The molecule has 2 aliphatic heterocycles. The van der Waals surface area contributed by atoms with Crippen molar-refractivity contribution in [3.8, 4) is 0 Å². The van der Waals surface area contributed by atoms with Crippen molar-refractivity contribution in [3.05, 3.63) is 50.4 Å². The summed E-state index contributed by atoms with van der Waals surface area (Å²) in [5.41, 5.74) is 3.27. The Morgan fingerprint density at radius 2 is 1.77 bits per heavy atom. The highest BCUT2D eigenvalue weighted by atomic mass is 32.1. The van der Waals surface area contributed by atoms with E-state index in [1.54, 1.807) is 11.1 Å². The average Bonchev–Trinajstić information content (AvgIpc) is 3.21. The lowest BCUT2D eigenvalue weighted by atomic mass is 9.84. The third-order valence-corrected chi connectivity index (χ3v) is 7.41. The number of hydrogen-bond acceptors (Lipinski definition) is 2. The number of nitrogens with zero attached hydrogens (tertiary/aromatic N) is 1. The van der Waals surface area contributed by atoms with Gasteiger partial charge in [-0.15, -0.1) is 22.7 Å². The van der Waals surface area contributed by atoms with Crippen molar-refractivity contribution in [2.45, 2.75) is 38.1 Å². The third kappa shape index (κ3) is 2.60. The Labute approximate surface area is 141 Å². The van der Waals surface area contributed by atoms with Gasteiger partial charge in [0.25, 0.3) is 0 Å². The number of hydrogen-bond donors (Lipinski definition) is 0. The van der Waals surface area contributed by atoms with Gasteiger partial charge in [0.1, 0.15) is 0 Å². The van der Waals surface area contributed by atoms with E-state index < -0.39 is 0 Å². The van der Waals surface area contributed by atoms with Gasteiger partial charge in [-0.05, 0) is 47.7 Å². The first-order valence-corrected chi connectivity index (χ1v) is 10.2. The zero-order chi connectivity index (χ0) is 15.0. The molecule has 0 aliphatic carbocycles. The first kappa shape index (κ1) is 14.7. The van der Waals surface area contributed by atoms with Crippen LogP contribution in [0.2, 0.25) is 0 Å². The quantitative estimate of drug-likeness (QED) is 0.646. The Morgan fingerprint density at radius 1 is 1.05 bits per heavy atom. The summed E-state index contributed by atoms with van der Waals surface area (Å²) in [7, 11) is 2.50. The molecule has 0 radical (unpaired) electrons. The van der Waals surface area contributed by atoms with Crippen molar-refractivity contribution >= 4 is 28.2 Å². The molecule has 4 heterocycles. The molecule has 2 aromatic heterocycles. The van der Waals surface area contributed by atoms with Crippen LogP contribution in [0.5, 0.6) is 0 Å². The van der Waals surface area contributed by atoms with Crippen LogP contribution in [-0.4, -0.2) is 30.7 Å². The molecule has 2 aromatic rings. The molecule has 2 unspecified atom stereocenters. The maximum absolute atomic E-state index is 2.50. The Balaban J connectivity index is 1.74. The van der Waals surface area contributed by atoms with Crippen molar-refractivity contribution < 1.29 is 4.48 Å². The second-order valence-corrected chi connectivity index (χ2v) is 8.86. The van der Waals surface area contributed by atoms with Gasteiger partial charge in [0.2, 0.25) is 0 Å². The fourth-order valence-electron chi connectivity index (χ4n) is 4.28. The van der Waals surface area contributed by atoms with Crippen molar-refractivity contribution in [1.29, 1.82) is 0 Å². The predicted molar refractivity (Wildman–Crippen MR) is 97.5 cm³/mol. The van der Waals surface area contributed by atoms with Crippen LogP contribution in [-0.2, 0) is 0 Å². The maximum Gasteiger partial charge on any atom is 0.0926 e. The molecule has 0 spiro atoms. The zero-order valence-corrected chi connectivity index (χ0v) is 14.9. The summed E-state index contributed by atoms with van der Waals surface area (Å²) in [6.45, 7) is 2.73. The van der Waals surface area contributed by atoms with Crippen molar-refractivity contribution in [2.75, 3.05) is 20.1 Å². The van der Waals surface area contributed by atoms with E-state index in [1.165, 1.54) is 59.4 Å². The molecule has 22 heavy (non-hydrogen) atoms. The van der Waals surface area contributed by atoms with Crippen LogP contribution in [0, 0.1) is 0 Å². The van der Waals surface area contributed by atoms with E-state index in [1.807, 2.05) is 22.7 Å². The fraction of sp³-hybridized carbons (Fsp3) is 0.474. The first-order valence-electron chi connectivity index (χ1n) is 8.40. The summed E-state index contributed by atoms with van der Waals surface area (Å²) in [4.78, 5) is 2.92. The summed E-state index contributed by atoms with van der Waals surface area (Å²) in [6, 6.07) is 9.84. The molecule has 4 rings (SSSR count). The van der Waals surface area contributed by atoms with E-state index in [-0.39, 0.29) is 0 Å². The van der Waals surface area contributed by atoms with Crippen molar-refractivity contribution in [1.82, 2.24) is 0 Å². The minimum absolute atomic E-state index is 0.854. The Bertz CT molecular complexity index is 617. The van der Waals surface area contributed by atoms with Crippen LogP contribution < -0.4 is 0 Å². The number of rotatable bonds is 2. The van der Waals surface area contributed by atoms with Crippen LogP contribution in [0.25, 0.3) is 5.57 Å². The van der Waals surface area contributed by atoms with Crippen LogP contribution in [0.1, 0.15) is 41.9 Å². The van der Waals surface area contributed by atoms with E-state index in [9.17, 15) is 0 Å². The minimum atomic E-state index is 0.854. The summed E-state index contributed by atoms with van der Waals surface area (Å²) in [6.07, 6.45) is 6.86. The lowest BCUT2D eigenvalue weighted by Gasteiger charge is -2.48. The van der Waals surface area contributed by atoms with Gasteiger partial charge in [-0.3, -0.25) is 0 Å². The molecule has 0 bridgehead atoms. The summed E-state index contributed by atoms with van der Waals surface area (Å²) in [5, 5.41) is 4.43. The van der Waals surface area contributed by atoms with Crippen molar-refractivity contribution in [2.24, 2.45) is 0 Å². The van der Waals surface area contributed by atoms with E-state index in [4.69, 9.17) is 0 Å². The number of piperidine rings is 2. The largest absolute Gasteiger partial charge is 0.323 e. The molecule has 0 amide bonds. The minimum Gasteiger partial charge on any atom is -0.323 e. The lowest BCUT2D eigenvalue weighted by Crippen LogP contribution is -2.57. The maximum atomic E-state index is 2.50. The van der Waals surface area contributed by atoms with Crippen LogP contribution >= 0.6 is 22.7 Å². The molecule has 0 aromatic carbocycles. The SMILES string of the molecule is C[N+]12CCCCC1CC(=C(c1cccs1)c1cccs1)CC2. The molecular formula is C19H24NS2+. The highest BCUT2D eigenvalue weighted by molar-refractivity contribution is 7.13. The van der Waals surface area contributed by atoms with Crippen LogP contribution in [0.3, 0.4) is 0 Å². The van der Waals surface area contributed by atoms with Crippen LogP contribution in [0.15, 0.2) is 40.6 Å². The monoisotopic (exact) mass is 330 g/mol. The van der Waals surface area contributed by atoms with E-state index >= 15 is 0 Å². The zero-order valence-electron chi connectivity index (χ0n) is 13.3. The molecule has 2 fully saturated rings. The summed E-state index contributed by atoms with van der Waals surface area (Å²) >= 11 is 3.79. The number of fused-ring (bicyclic) bond motifs is 1. The van der Waals surface area contributed by atoms with E-state index in [0.29, 0.717) is 0 Å². The molecule has 2 aliphatic rings. The van der Waals surface area contributed by atoms with Gasteiger partial charge in [0.05, 0.1) is 26.2 Å². The topological polar surface area (TPSA) is 0 Å².